The molecule has 0 aliphatic heterocycles. The number of hydroxylamine groups is 1. The molecule has 1 aromatic carbocycles. The monoisotopic (exact) mass is 215 g/mol. The lowest BCUT2D eigenvalue weighted by Gasteiger charge is -2.09. The Kier molecular flexibility index (Phi) is 4.66. The molecule has 0 spiro atoms. The Labute approximate surface area is 87.1 Å². The molecule has 0 atom stereocenters. The van der Waals surface area contributed by atoms with Gasteiger partial charge in [0.1, 0.15) is 0 Å². The van der Waals surface area contributed by atoms with Crippen molar-refractivity contribution in [2.45, 2.75) is 16.3 Å². The van der Waals surface area contributed by atoms with E-state index < -0.39 is 0 Å². The number of thioether (sulfide) groups is 2. The molecule has 0 aliphatic carbocycles. The molecule has 0 heterocycles. The molecule has 0 bridgehead atoms. The van der Waals surface area contributed by atoms with Crippen molar-refractivity contribution in [3.05, 3.63) is 23.8 Å². The van der Waals surface area contributed by atoms with Crippen molar-refractivity contribution in [2.24, 2.45) is 0 Å². The molecule has 0 aliphatic rings. The SMILES string of the molecule is CSc1cccc(CNO)c1SC. The van der Waals surface area contributed by atoms with Crippen molar-refractivity contribution in [2.75, 3.05) is 12.5 Å². The number of rotatable bonds is 4. The smallest absolute Gasteiger partial charge is 0.0469 e. The van der Waals surface area contributed by atoms with E-state index in [1.807, 2.05) is 12.1 Å². The molecule has 0 saturated carbocycles. The quantitative estimate of drug-likeness (QED) is 0.597. The second kappa shape index (κ2) is 5.54. The van der Waals surface area contributed by atoms with Gasteiger partial charge in [0.25, 0.3) is 0 Å². The van der Waals surface area contributed by atoms with Crippen LogP contribution in [0, 0.1) is 0 Å². The van der Waals surface area contributed by atoms with Gasteiger partial charge in [-0.2, -0.15) is 0 Å². The van der Waals surface area contributed by atoms with Crippen molar-refractivity contribution >= 4 is 23.5 Å². The summed E-state index contributed by atoms with van der Waals surface area (Å²) in [5.74, 6) is 0. The molecular weight excluding hydrogens is 202 g/mol. The molecule has 0 saturated heterocycles. The lowest BCUT2D eigenvalue weighted by molar-refractivity contribution is 0.160. The predicted molar refractivity (Wildman–Crippen MR) is 58.6 cm³/mol. The van der Waals surface area contributed by atoms with Crippen LogP contribution in [0.1, 0.15) is 5.56 Å². The summed E-state index contributed by atoms with van der Waals surface area (Å²) < 4.78 is 0. The maximum Gasteiger partial charge on any atom is 0.0469 e. The standard InChI is InChI=1S/C9H13NOS2/c1-12-8-5-3-4-7(6-10-11)9(8)13-2/h3-5,10-11H,6H2,1-2H3. The van der Waals surface area contributed by atoms with Crippen LogP contribution in [0.5, 0.6) is 0 Å². The van der Waals surface area contributed by atoms with Gasteiger partial charge in [-0.15, -0.1) is 23.5 Å². The van der Waals surface area contributed by atoms with Gasteiger partial charge < -0.3 is 5.21 Å². The average molecular weight is 215 g/mol. The first-order chi connectivity index (χ1) is 6.33. The fraction of sp³-hybridized carbons (Fsp3) is 0.333. The lowest BCUT2D eigenvalue weighted by atomic mass is 10.2. The van der Waals surface area contributed by atoms with Gasteiger partial charge in [-0.3, -0.25) is 0 Å². The van der Waals surface area contributed by atoms with Crippen LogP contribution in [-0.2, 0) is 6.54 Å². The first-order valence-electron chi connectivity index (χ1n) is 3.90. The van der Waals surface area contributed by atoms with Crippen molar-refractivity contribution in [1.29, 1.82) is 0 Å². The van der Waals surface area contributed by atoms with Crippen molar-refractivity contribution < 1.29 is 5.21 Å². The number of hydrogen-bond donors (Lipinski definition) is 2. The van der Waals surface area contributed by atoms with Gasteiger partial charge in [-0.1, -0.05) is 12.1 Å². The largest absolute Gasteiger partial charge is 0.316 e. The van der Waals surface area contributed by atoms with E-state index >= 15 is 0 Å². The fourth-order valence-electron chi connectivity index (χ4n) is 1.18. The third-order valence-corrected chi connectivity index (χ3v) is 3.55. The molecule has 0 aromatic heterocycles. The second-order valence-electron chi connectivity index (χ2n) is 2.49. The molecule has 0 amide bonds. The Morgan fingerprint density at radius 2 is 2.08 bits per heavy atom. The Balaban J connectivity index is 3.03. The minimum atomic E-state index is 0.505. The molecule has 2 nitrogen and oxygen atoms in total. The first kappa shape index (κ1) is 10.9. The van der Waals surface area contributed by atoms with Crippen molar-refractivity contribution in [3.63, 3.8) is 0 Å². The predicted octanol–water partition coefficient (Wildman–Crippen LogP) is 2.61. The summed E-state index contributed by atoms with van der Waals surface area (Å²) in [4.78, 5) is 2.51. The van der Waals surface area contributed by atoms with E-state index in [0.717, 1.165) is 5.56 Å². The van der Waals surface area contributed by atoms with Crippen LogP contribution in [0.3, 0.4) is 0 Å². The highest BCUT2D eigenvalue weighted by Gasteiger charge is 2.05. The Morgan fingerprint density at radius 3 is 2.62 bits per heavy atom. The third kappa shape index (κ3) is 2.64. The van der Waals surface area contributed by atoms with Crippen LogP contribution in [0.25, 0.3) is 0 Å². The summed E-state index contributed by atoms with van der Waals surface area (Å²) in [6.07, 6.45) is 4.11. The van der Waals surface area contributed by atoms with Gasteiger partial charge >= 0.3 is 0 Å². The maximum absolute atomic E-state index is 8.64. The van der Waals surface area contributed by atoms with Gasteiger partial charge in [0.2, 0.25) is 0 Å². The lowest BCUT2D eigenvalue weighted by Crippen LogP contribution is -2.07. The minimum absolute atomic E-state index is 0.505. The molecule has 1 rings (SSSR count). The zero-order valence-electron chi connectivity index (χ0n) is 7.70. The highest BCUT2D eigenvalue weighted by molar-refractivity contribution is 8.01. The van der Waals surface area contributed by atoms with Crippen LogP contribution >= 0.6 is 23.5 Å². The molecule has 2 N–H and O–H groups in total. The van der Waals surface area contributed by atoms with Crippen LogP contribution in [0.4, 0.5) is 0 Å². The van der Waals surface area contributed by atoms with E-state index in [2.05, 4.69) is 24.1 Å². The number of benzene rings is 1. The van der Waals surface area contributed by atoms with Gasteiger partial charge in [-0.05, 0) is 24.1 Å². The third-order valence-electron chi connectivity index (χ3n) is 1.75. The van der Waals surface area contributed by atoms with E-state index in [0.29, 0.717) is 6.54 Å². The summed E-state index contributed by atoms with van der Waals surface area (Å²) >= 11 is 3.44. The topological polar surface area (TPSA) is 32.3 Å². The Bertz CT molecular complexity index is 278. The van der Waals surface area contributed by atoms with Gasteiger partial charge in [0, 0.05) is 16.3 Å². The summed E-state index contributed by atoms with van der Waals surface area (Å²) in [5, 5.41) is 8.64. The number of hydrogen-bond acceptors (Lipinski definition) is 4. The zero-order chi connectivity index (χ0) is 9.68. The maximum atomic E-state index is 8.64. The summed E-state index contributed by atoms with van der Waals surface area (Å²) in [6.45, 7) is 0.505. The molecule has 0 radical (unpaired) electrons. The molecular formula is C9H13NOS2. The zero-order valence-corrected chi connectivity index (χ0v) is 9.34. The van der Waals surface area contributed by atoms with E-state index in [-0.39, 0.29) is 0 Å². The number of nitrogens with one attached hydrogen (secondary N) is 1. The second-order valence-corrected chi connectivity index (χ2v) is 4.15. The molecule has 72 valence electrons. The van der Waals surface area contributed by atoms with Gasteiger partial charge in [0.15, 0.2) is 0 Å². The van der Waals surface area contributed by atoms with Crippen LogP contribution < -0.4 is 5.48 Å². The highest BCUT2D eigenvalue weighted by Crippen LogP contribution is 2.31. The van der Waals surface area contributed by atoms with Crippen molar-refractivity contribution in [3.8, 4) is 0 Å². The van der Waals surface area contributed by atoms with Crippen LogP contribution in [-0.4, -0.2) is 17.7 Å². The van der Waals surface area contributed by atoms with Gasteiger partial charge in [-0.25, -0.2) is 5.48 Å². The Hall–Kier alpha value is -0.160. The summed E-state index contributed by atoms with van der Waals surface area (Å²) in [5.41, 5.74) is 3.33. The fourth-order valence-corrected chi connectivity index (χ4v) is 2.88. The minimum Gasteiger partial charge on any atom is -0.316 e. The molecule has 0 unspecified atom stereocenters. The molecule has 13 heavy (non-hydrogen) atoms. The van der Waals surface area contributed by atoms with Gasteiger partial charge in [0.05, 0.1) is 0 Å². The van der Waals surface area contributed by atoms with E-state index in [4.69, 9.17) is 5.21 Å². The highest BCUT2D eigenvalue weighted by atomic mass is 32.2. The molecule has 4 heteroatoms. The Morgan fingerprint density at radius 1 is 1.31 bits per heavy atom. The molecule has 0 fully saturated rings. The first-order valence-corrected chi connectivity index (χ1v) is 6.35. The van der Waals surface area contributed by atoms with E-state index in [1.165, 1.54) is 9.79 Å². The van der Waals surface area contributed by atoms with E-state index in [1.54, 1.807) is 23.5 Å². The molecule has 1 aromatic rings. The van der Waals surface area contributed by atoms with E-state index in [9.17, 15) is 0 Å². The van der Waals surface area contributed by atoms with Crippen LogP contribution in [0.2, 0.25) is 0 Å². The summed E-state index contributed by atoms with van der Waals surface area (Å²) in [7, 11) is 0. The van der Waals surface area contributed by atoms with Crippen molar-refractivity contribution in [1.82, 2.24) is 5.48 Å². The average Bonchev–Trinajstić information content (AvgIpc) is 2.18. The normalized spacial score (nSPS) is 10.4. The summed E-state index contributed by atoms with van der Waals surface area (Å²) in [6, 6.07) is 6.13. The van der Waals surface area contributed by atoms with Crippen LogP contribution in [0.15, 0.2) is 28.0 Å².